The number of nitrogens with zero attached hydrogens (tertiary/aromatic N) is 1. The Balaban J connectivity index is 1.19. The molecule has 3 heteroatoms. The first kappa shape index (κ1) is 31.6. The van der Waals surface area contributed by atoms with E-state index in [9.17, 15) is 0 Å². The maximum Gasteiger partial charge on any atom is 0.159 e. The Hall–Kier alpha value is -6.94. The average molecular weight is 720 g/mol. The van der Waals surface area contributed by atoms with Crippen LogP contribution in [0.1, 0.15) is 0 Å². The molecule has 0 aliphatic carbocycles. The lowest BCUT2D eigenvalue weighted by Crippen LogP contribution is -2.10. The van der Waals surface area contributed by atoms with Crippen LogP contribution in [-0.4, -0.2) is 0 Å². The van der Waals surface area contributed by atoms with Gasteiger partial charge in [-0.25, -0.2) is 0 Å². The third-order valence-electron chi connectivity index (χ3n) is 10.9. The molecule has 9 aromatic carbocycles. The summed E-state index contributed by atoms with van der Waals surface area (Å²) in [6, 6.07) is 72.2. The molecule has 0 saturated heterocycles. The molecular formula is C52H33NOS. The predicted octanol–water partition coefficient (Wildman–Crippen LogP) is 15.6. The normalized spacial score (nSPS) is 11.6. The van der Waals surface area contributed by atoms with Crippen molar-refractivity contribution in [2.24, 2.45) is 0 Å². The zero-order chi connectivity index (χ0) is 36.3. The van der Waals surface area contributed by atoms with Crippen LogP contribution in [0.25, 0.3) is 86.3 Å². The fraction of sp³-hybridized carbons (Fsp3) is 0. The second-order valence-electron chi connectivity index (χ2n) is 14.0. The summed E-state index contributed by atoms with van der Waals surface area (Å²) in [5, 5.41) is 7.25. The molecule has 11 aromatic rings. The van der Waals surface area contributed by atoms with Crippen molar-refractivity contribution in [1.29, 1.82) is 0 Å². The first-order valence-corrected chi connectivity index (χ1v) is 19.5. The minimum atomic E-state index is 0.862. The molecule has 2 aromatic heterocycles. The van der Waals surface area contributed by atoms with E-state index in [2.05, 4.69) is 199 Å². The average Bonchev–Trinajstić information content (AvgIpc) is 3.83. The van der Waals surface area contributed by atoms with Gasteiger partial charge in [-0.05, 0) is 92.7 Å². The minimum Gasteiger partial charge on any atom is -0.454 e. The van der Waals surface area contributed by atoms with Crippen molar-refractivity contribution in [1.82, 2.24) is 0 Å². The van der Waals surface area contributed by atoms with Crippen molar-refractivity contribution in [3.63, 3.8) is 0 Å². The van der Waals surface area contributed by atoms with Crippen LogP contribution < -0.4 is 4.90 Å². The van der Waals surface area contributed by atoms with Crippen molar-refractivity contribution < 1.29 is 4.42 Å². The summed E-state index contributed by atoms with van der Waals surface area (Å²) in [6.45, 7) is 0. The van der Waals surface area contributed by atoms with Crippen LogP contribution in [0.5, 0.6) is 0 Å². The highest BCUT2D eigenvalue weighted by molar-refractivity contribution is 7.25. The van der Waals surface area contributed by atoms with Crippen LogP contribution in [0.4, 0.5) is 17.1 Å². The number of hydrogen-bond donors (Lipinski definition) is 0. The lowest BCUT2D eigenvalue weighted by Gasteiger charge is -2.27. The molecule has 0 unspecified atom stereocenters. The molecule has 0 N–H and O–H groups in total. The van der Waals surface area contributed by atoms with E-state index in [1.54, 1.807) is 0 Å². The molecule has 11 rings (SSSR count). The van der Waals surface area contributed by atoms with Crippen LogP contribution >= 0.6 is 11.3 Å². The fourth-order valence-electron chi connectivity index (χ4n) is 8.36. The van der Waals surface area contributed by atoms with Crippen molar-refractivity contribution in [3.05, 3.63) is 200 Å². The topological polar surface area (TPSA) is 16.4 Å². The smallest absolute Gasteiger partial charge is 0.159 e. The van der Waals surface area contributed by atoms with Gasteiger partial charge >= 0.3 is 0 Å². The van der Waals surface area contributed by atoms with Gasteiger partial charge < -0.3 is 9.32 Å². The quantitative estimate of drug-likeness (QED) is 0.170. The Kier molecular flexibility index (Phi) is 7.39. The maximum absolute atomic E-state index is 6.71. The third-order valence-corrected chi connectivity index (χ3v) is 12.0. The molecule has 258 valence electrons. The highest BCUT2D eigenvalue weighted by Gasteiger charge is 2.22. The van der Waals surface area contributed by atoms with Gasteiger partial charge in [0.15, 0.2) is 5.58 Å². The van der Waals surface area contributed by atoms with Crippen LogP contribution in [0.2, 0.25) is 0 Å². The molecule has 2 nitrogen and oxygen atoms in total. The summed E-state index contributed by atoms with van der Waals surface area (Å²) in [5.74, 6) is 0. The number of furan rings is 1. The summed E-state index contributed by atoms with van der Waals surface area (Å²) in [4.78, 5) is 2.36. The fourth-order valence-corrected chi connectivity index (χ4v) is 9.49. The van der Waals surface area contributed by atoms with E-state index in [1.165, 1.54) is 64.3 Å². The lowest BCUT2D eigenvalue weighted by molar-refractivity contribution is 0.669. The molecule has 0 aliphatic heterocycles. The van der Waals surface area contributed by atoms with E-state index in [4.69, 9.17) is 4.42 Å². The van der Waals surface area contributed by atoms with E-state index >= 15 is 0 Å². The van der Waals surface area contributed by atoms with Crippen LogP contribution in [-0.2, 0) is 0 Å². The molecular weight excluding hydrogens is 687 g/mol. The minimum absolute atomic E-state index is 0.862. The Labute approximate surface area is 322 Å². The summed E-state index contributed by atoms with van der Waals surface area (Å²) < 4.78 is 9.30. The monoisotopic (exact) mass is 719 g/mol. The Morgan fingerprint density at radius 1 is 0.382 bits per heavy atom. The largest absolute Gasteiger partial charge is 0.454 e. The van der Waals surface area contributed by atoms with Crippen LogP contribution in [0.15, 0.2) is 205 Å². The molecule has 0 bridgehead atoms. The zero-order valence-corrected chi connectivity index (χ0v) is 30.6. The number of para-hydroxylation sites is 2. The number of fused-ring (bicyclic) bond motifs is 7. The van der Waals surface area contributed by atoms with Crippen LogP contribution in [0, 0.1) is 0 Å². The van der Waals surface area contributed by atoms with Crippen molar-refractivity contribution in [2.75, 3.05) is 4.90 Å². The summed E-state index contributed by atoms with van der Waals surface area (Å²) in [6.07, 6.45) is 0. The number of rotatable bonds is 6. The van der Waals surface area contributed by atoms with E-state index in [0.29, 0.717) is 0 Å². The van der Waals surface area contributed by atoms with Gasteiger partial charge in [-0.15, -0.1) is 11.3 Å². The van der Waals surface area contributed by atoms with Gasteiger partial charge in [0.1, 0.15) is 5.58 Å². The van der Waals surface area contributed by atoms with E-state index in [-0.39, 0.29) is 0 Å². The number of hydrogen-bond acceptors (Lipinski definition) is 3. The number of thiophene rings is 1. The van der Waals surface area contributed by atoms with Gasteiger partial charge in [0.25, 0.3) is 0 Å². The third kappa shape index (κ3) is 5.24. The second-order valence-corrected chi connectivity index (χ2v) is 15.1. The molecule has 0 atom stereocenters. The number of anilines is 3. The van der Waals surface area contributed by atoms with Crippen molar-refractivity contribution >= 4 is 81.3 Å². The molecule has 0 amide bonds. The van der Waals surface area contributed by atoms with Gasteiger partial charge in [0.2, 0.25) is 0 Å². The summed E-state index contributed by atoms with van der Waals surface area (Å²) >= 11 is 1.86. The van der Waals surface area contributed by atoms with Gasteiger partial charge in [0.05, 0.1) is 5.69 Å². The SMILES string of the molecule is c1ccc(-c2ccc(N(c3ccc(-c4cccc5sc6ccccc6c45)c(-c4cccc5ccccc45)c3)c3cccc4c3oc3ccccc34)cc2)cc1. The Morgan fingerprint density at radius 2 is 1.02 bits per heavy atom. The van der Waals surface area contributed by atoms with Gasteiger partial charge in [-0.3, -0.25) is 0 Å². The van der Waals surface area contributed by atoms with E-state index in [0.717, 1.165) is 39.0 Å². The maximum atomic E-state index is 6.71. The standard InChI is InChI=1S/C52H33NOS/c1-2-13-34(14-3-1)35-27-29-37(30-28-35)53(47-23-11-22-44-42-18-6-8-24-48(42)54-52(44)47)38-31-32-41(46(33-38)40-20-10-16-36-15-4-5-17-39(36)40)43-21-12-26-50-51(43)45-19-7-9-25-49(45)55-50/h1-33H. The molecule has 0 aliphatic rings. The first-order valence-electron chi connectivity index (χ1n) is 18.7. The molecule has 2 heterocycles. The van der Waals surface area contributed by atoms with Crippen LogP contribution in [0.3, 0.4) is 0 Å². The second kappa shape index (κ2) is 12.9. The van der Waals surface area contributed by atoms with Gasteiger partial charge in [-0.2, -0.15) is 0 Å². The Morgan fingerprint density at radius 3 is 1.91 bits per heavy atom. The predicted molar refractivity (Wildman–Crippen MR) is 235 cm³/mol. The zero-order valence-electron chi connectivity index (χ0n) is 29.8. The highest BCUT2D eigenvalue weighted by atomic mass is 32.1. The van der Waals surface area contributed by atoms with E-state index < -0.39 is 0 Å². The summed E-state index contributed by atoms with van der Waals surface area (Å²) in [5.41, 5.74) is 12.0. The molecule has 0 fully saturated rings. The first-order chi connectivity index (χ1) is 27.3. The van der Waals surface area contributed by atoms with Gasteiger partial charge in [0, 0.05) is 42.3 Å². The van der Waals surface area contributed by atoms with Gasteiger partial charge in [-0.1, -0.05) is 152 Å². The molecule has 0 spiro atoms. The molecule has 0 saturated carbocycles. The Bertz CT molecular complexity index is 3200. The highest BCUT2D eigenvalue weighted by Crippen LogP contribution is 2.48. The molecule has 0 radical (unpaired) electrons. The molecule has 55 heavy (non-hydrogen) atoms. The number of benzene rings is 9. The lowest BCUT2D eigenvalue weighted by atomic mass is 9.89. The van der Waals surface area contributed by atoms with E-state index in [1.807, 2.05) is 17.4 Å². The van der Waals surface area contributed by atoms with Crippen molar-refractivity contribution in [2.45, 2.75) is 0 Å². The van der Waals surface area contributed by atoms with Crippen molar-refractivity contribution in [3.8, 4) is 33.4 Å². The summed E-state index contributed by atoms with van der Waals surface area (Å²) in [7, 11) is 0.